The molecule has 1 aromatic heterocycles. The van der Waals surface area contributed by atoms with Gasteiger partial charge in [0, 0.05) is 36.7 Å². The van der Waals surface area contributed by atoms with Crippen LogP contribution < -0.4 is 5.32 Å². The number of nitrogens with one attached hydrogen (secondary N) is 2. The number of carbonyl (C=O) groups excluding carboxylic acids is 3. The van der Waals surface area contributed by atoms with Crippen molar-refractivity contribution in [3.05, 3.63) is 34.5 Å². The van der Waals surface area contributed by atoms with Gasteiger partial charge in [0.1, 0.15) is 5.54 Å². The first-order valence-electron chi connectivity index (χ1n) is 9.68. The number of rotatable bonds is 2. The predicted molar refractivity (Wildman–Crippen MR) is 106 cm³/mol. The number of piperidine rings is 1. The molecule has 2 aliphatic rings. The summed E-state index contributed by atoms with van der Waals surface area (Å²) in [5, 5.41) is 3.92. The summed E-state index contributed by atoms with van der Waals surface area (Å²) in [6.07, 6.45) is 1.25. The highest BCUT2D eigenvalue weighted by Gasteiger charge is 2.51. The van der Waals surface area contributed by atoms with Gasteiger partial charge in [0.25, 0.3) is 5.91 Å². The van der Waals surface area contributed by atoms with Gasteiger partial charge >= 0.3 is 6.03 Å². The topological polar surface area (TPSA) is 85.5 Å². The minimum atomic E-state index is -0.840. The number of benzene rings is 1. The Labute approximate surface area is 164 Å². The molecular weight excluding hydrogens is 356 g/mol. The highest BCUT2D eigenvalue weighted by atomic mass is 16.2. The molecule has 7 nitrogen and oxygen atoms in total. The van der Waals surface area contributed by atoms with Crippen LogP contribution in [0, 0.1) is 20.8 Å². The number of aromatic nitrogens is 1. The summed E-state index contributed by atoms with van der Waals surface area (Å²) in [4.78, 5) is 43.6. The van der Waals surface area contributed by atoms with Gasteiger partial charge in [0.15, 0.2) is 0 Å². The third kappa shape index (κ3) is 2.77. The fourth-order valence-corrected chi connectivity index (χ4v) is 4.56. The summed E-state index contributed by atoms with van der Waals surface area (Å²) in [6, 6.07) is 3.91. The molecule has 1 aromatic carbocycles. The molecule has 2 N–H and O–H groups in total. The van der Waals surface area contributed by atoms with Crippen molar-refractivity contribution in [3.63, 3.8) is 0 Å². The van der Waals surface area contributed by atoms with E-state index in [2.05, 4.69) is 36.3 Å². The van der Waals surface area contributed by atoms with E-state index in [1.54, 1.807) is 0 Å². The number of imide groups is 1. The van der Waals surface area contributed by atoms with Crippen LogP contribution in [0.3, 0.4) is 0 Å². The Kier molecular flexibility index (Phi) is 4.21. The Morgan fingerprint density at radius 2 is 1.82 bits per heavy atom. The number of H-pyrrole nitrogens is 1. The quantitative estimate of drug-likeness (QED) is 0.781. The van der Waals surface area contributed by atoms with E-state index < -0.39 is 5.54 Å². The molecule has 2 saturated heterocycles. The highest BCUT2D eigenvalue weighted by Crippen LogP contribution is 2.30. The van der Waals surface area contributed by atoms with Crippen LogP contribution in [0.4, 0.5) is 4.79 Å². The van der Waals surface area contributed by atoms with Gasteiger partial charge in [-0.15, -0.1) is 0 Å². The molecule has 0 atom stereocenters. The van der Waals surface area contributed by atoms with Crippen LogP contribution in [0.15, 0.2) is 12.1 Å². The van der Waals surface area contributed by atoms with E-state index in [0.29, 0.717) is 32.4 Å². The first-order valence-corrected chi connectivity index (χ1v) is 9.68. The van der Waals surface area contributed by atoms with E-state index in [1.807, 2.05) is 11.8 Å². The van der Waals surface area contributed by atoms with E-state index in [9.17, 15) is 14.4 Å². The minimum absolute atomic E-state index is 0.0585. The zero-order valence-corrected chi connectivity index (χ0v) is 16.8. The number of carbonyl (C=O) groups is 3. The van der Waals surface area contributed by atoms with Crippen LogP contribution in [-0.2, 0) is 16.0 Å². The zero-order valence-electron chi connectivity index (χ0n) is 16.8. The molecule has 1 spiro atoms. The summed E-state index contributed by atoms with van der Waals surface area (Å²) in [5.74, 6) is -0.133. The number of aryl methyl sites for hydroxylation is 3. The molecule has 4 rings (SSSR count). The standard InChI is InChI=1S/C21H26N4O3/c1-12-9-13(2)18-16(10-12)15(14(3)22-18)11-17(26)25-7-5-21(6-8-25)19(27)24(4)20(28)23-21/h9-10,22H,5-8,11H2,1-4H3,(H,23,28). The first kappa shape index (κ1) is 18.5. The maximum absolute atomic E-state index is 13.0. The second-order valence-corrected chi connectivity index (χ2v) is 8.17. The van der Waals surface area contributed by atoms with Crippen molar-refractivity contribution < 1.29 is 14.4 Å². The van der Waals surface area contributed by atoms with Crippen LogP contribution >= 0.6 is 0 Å². The highest BCUT2D eigenvalue weighted by molar-refractivity contribution is 6.07. The molecule has 0 unspecified atom stereocenters. The Bertz CT molecular complexity index is 999. The van der Waals surface area contributed by atoms with Gasteiger partial charge in [0.2, 0.25) is 5.91 Å². The summed E-state index contributed by atoms with van der Waals surface area (Å²) in [6.45, 7) is 7.08. The van der Waals surface area contributed by atoms with Crippen LogP contribution in [0.25, 0.3) is 10.9 Å². The Balaban J connectivity index is 1.50. The predicted octanol–water partition coefficient (Wildman–Crippen LogP) is 2.18. The lowest BCUT2D eigenvalue weighted by atomic mass is 9.87. The Morgan fingerprint density at radius 1 is 1.14 bits per heavy atom. The summed E-state index contributed by atoms with van der Waals surface area (Å²) in [7, 11) is 1.49. The Morgan fingerprint density at radius 3 is 2.43 bits per heavy atom. The van der Waals surface area contributed by atoms with Gasteiger partial charge in [-0.3, -0.25) is 14.5 Å². The van der Waals surface area contributed by atoms with Crippen molar-refractivity contribution >= 4 is 28.7 Å². The lowest BCUT2D eigenvalue weighted by molar-refractivity contribution is -0.137. The number of hydrogen-bond acceptors (Lipinski definition) is 3. The average Bonchev–Trinajstić information content (AvgIpc) is 3.06. The molecular formula is C21H26N4O3. The molecule has 28 heavy (non-hydrogen) atoms. The van der Waals surface area contributed by atoms with Crippen LogP contribution in [0.5, 0.6) is 0 Å². The molecule has 0 aliphatic carbocycles. The summed E-state index contributed by atoms with van der Waals surface area (Å²) in [5.41, 5.74) is 4.66. The largest absolute Gasteiger partial charge is 0.358 e. The Hall–Kier alpha value is -2.83. The van der Waals surface area contributed by atoms with Gasteiger partial charge in [-0.05, 0) is 50.8 Å². The summed E-state index contributed by atoms with van der Waals surface area (Å²) >= 11 is 0. The van der Waals surface area contributed by atoms with E-state index >= 15 is 0 Å². The van der Waals surface area contributed by atoms with Crippen LogP contribution in [-0.4, -0.2) is 58.3 Å². The van der Waals surface area contributed by atoms with Crippen molar-refractivity contribution in [2.24, 2.45) is 0 Å². The van der Waals surface area contributed by atoms with Gasteiger partial charge in [-0.25, -0.2) is 4.79 Å². The molecule has 148 valence electrons. The maximum Gasteiger partial charge on any atom is 0.324 e. The lowest BCUT2D eigenvalue weighted by Crippen LogP contribution is -2.56. The monoisotopic (exact) mass is 382 g/mol. The number of aromatic amines is 1. The SMILES string of the molecule is Cc1cc(C)c2[nH]c(C)c(CC(=O)N3CCC4(CC3)NC(=O)N(C)C4=O)c2c1. The molecule has 4 amide bonds. The zero-order chi connectivity index (χ0) is 20.2. The molecule has 0 saturated carbocycles. The summed E-state index contributed by atoms with van der Waals surface area (Å²) < 4.78 is 0. The second-order valence-electron chi connectivity index (χ2n) is 8.17. The van der Waals surface area contributed by atoms with Gasteiger partial charge < -0.3 is 15.2 Å². The van der Waals surface area contributed by atoms with Crippen molar-refractivity contribution in [1.82, 2.24) is 20.1 Å². The van der Waals surface area contributed by atoms with Crippen molar-refractivity contribution in [1.29, 1.82) is 0 Å². The van der Waals surface area contributed by atoms with Crippen LogP contribution in [0.1, 0.15) is 35.2 Å². The van der Waals surface area contributed by atoms with E-state index in [-0.39, 0.29) is 17.8 Å². The molecule has 2 aromatic rings. The van der Waals surface area contributed by atoms with Crippen molar-refractivity contribution in [2.75, 3.05) is 20.1 Å². The maximum atomic E-state index is 13.0. The average molecular weight is 382 g/mol. The van der Waals surface area contributed by atoms with E-state index in [0.717, 1.165) is 27.1 Å². The fourth-order valence-electron chi connectivity index (χ4n) is 4.56. The first-order chi connectivity index (χ1) is 13.2. The third-order valence-corrected chi connectivity index (χ3v) is 6.23. The van der Waals surface area contributed by atoms with Gasteiger partial charge in [-0.2, -0.15) is 0 Å². The van der Waals surface area contributed by atoms with E-state index in [1.165, 1.54) is 18.2 Å². The smallest absolute Gasteiger partial charge is 0.324 e. The number of hydrogen-bond donors (Lipinski definition) is 2. The number of fused-ring (bicyclic) bond motifs is 1. The number of likely N-dealkylation sites (tertiary alicyclic amines) is 1. The van der Waals surface area contributed by atoms with Crippen LogP contribution in [0.2, 0.25) is 0 Å². The molecule has 0 radical (unpaired) electrons. The van der Waals surface area contributed by atoms with Gasteiger partial charge in [0.05, 0.1) is 6.42 Å². The van der Waals surface area contributed by atoms with Crippen molar-refractivity contribution in [2.45, 2.75) is 45.6 Å². The second kappa shape index (κ2) is 6.36. The van der Waals surface area contributed by atoms with Crippen molar-refractivity contribution in [3.8, 4) is 0 Å². The number of amides is 4. The van der Waals surface area contributed by atoms with Gasteiger partial charge in [-0.1, -0.05) is 11.6 Å². The lowest BCUT2D eigenvalue weighted by Gasteiger charge is -2.37. The molecule has 3 heterocycles. The molecule has 2 aliphatic heterocycles. The normalized spacial score (nSPS) is 19.0. The number of nitrogens with zero attached hydrogens (tertiary/aromatic N) is 2. The molecule has 0 bridgehead atoms. The molecule has 2 fully saturated rings. The molecule has 7 heteroatoms. The number of likely N-dealkylation sites (N-methyl/N-ethyl adjacent to an activating group) is 1. The minimum Gasteiger partial charge on any atom is -0.358 e. The number of urea groups is 1. The third-order valence-electron chi connectivity index (χ3n) is 6.23. The van der Waals surface area contributed by atoms with E-state index in [4.69, 9.17) is 0 Å². The fraction of sp³-hybridized carbons (Fsp3) is 0.476.